The van der Waals surface area contributed by atoms with Crippen LogP contribution in [0.2, 0.25) is 5.02 Å². The van der Waals surface area contributed by atoms with Crippen LogP contribution in [0, 0.1) is 15.9 Å². The van der Waals surface area contributed by atoms with Crippen molar-refractivity contribution in [2.24, 2.45) is 0 Å². The number of nitrogens with zero attached hydrogens (tertiary/aromatic N) is 3. The molecule has 0 radical (unpaired) electrons. The maximum absolute atomic E-state index is 13.8. The zero-order valence-electron chi connectivity index (χ0n) is 11.3. The first-order chi connectivity index (χ1) is 10.2. The van der Waals surface area contributed by atoms with E-state index in [1.807, 2.05) is 0 Å². The summed E-state index contributed by atoms with van der Waals surface area (Å²) in [4.78, 5) is 33.5. The molecule has 10 heteroatoms. The summed E-state index contributed by atoms with van der Waals surface area (Å²) in [5.74, 6) is -2.70. The van der Waals surface area contributed by atoms with E-state index in [4.69, 9.17) is 16.7 Å². The minimum absolute atomic E-state index is 0.281. The highest BCUT2D eigenvalue weighted by Crippen LogP contribution is 2.34. The molecular weight excluding hydrogens is 321 g/mol. The Morgan fingerprint density at radius 2 is 2.09 bits per heavy atom. The van der Waals surface area contributed by atoms with Crippen LogP contribution < -0.4 is 10.4 Å². The van der Waals surface area contributed by atoms with E-state index >= 15 is 0 Å². The van der Waals surface area contributed by atoms with Crippen LogP contribution in [0.3, 0.4) is 0 Å². The molecular formula is C12H9ClFN3O5. The maximum Gasteiger partial charge on any atom is 0.341 e. The van der Waals surface area contributed by atoms with Crippen molar-refractivity contribution in [3.8, 4) is 0 Å². The monoisotopic (exact) mass is 329 g/mol. The third-order valence-electron chi connectivity index (χ3n) is 2.98. The van der Waals surface area contributed by atoms with Crippen molar-refractivity contribution in [1.29, 1.82) is 0 Å². The molecule has 0 saturated heterocycles. The van der Waals surface area contributed by atoms with Crippen molar-refractivity contribution in [3.05, 3.63) is 49.0 Å². The minimum atomic E-state index is -1.53. The summed E-state index contributed by atoms with van der Waals surface area (Å²) in [5, 5.41) is 20.3. The van der Waals surface area contributed by atoms with Crippen LogP contribution in [0.15, 0.2) is 17.1 Å². The van der Waals surface area contributed by atoms with Crippen molar-refractivity contribution in [3.63, 3.8) is 0 Å². The Labute approximate surface area is 127 Å². The van der Waals surface area contributed by atoms with Gasteiger partial charge in [-0.1, -0.05) is 11.6 Å². The van der Waals surface area contributed by atoms with Gasteiger partial charge in [0.1, 0.15) is 11.4 Å². The molecule has 8 nitrogen and oxygen atoms in total. The standard InChI is InChI=1S/C12H9ClFN3O5/c1-15(2)16-4-6(12(19)20)11(18)5-3-7(14)8(13)10(9(5)16)17(21)22/h3-4H,1-2H3,(H,19,20). The summed E-state index contributed by atoms with van der Waals surface area (Å²) in [6.07, 6.45) is 0.925. The smallest absolute Gasteiger partial charge is 0.341 e. The quantitative estimate of drug-likeness (QED) is 0.677. The fourth-order valence-electron chi connectivity index (χ4n) is 2.03. The molecule has 0 amide bonds. The van der Waals surface area contributed by atoms with Crippen molar-refractivity contribution in [1.82, 2.24) is 4.68 Å². The molecule has 0 atom stereocenters. The molecule has 116 valence electrons. The molecule has 0 fully saturated rings. The molecule has 0 bridgehead atoms. The first kappa shape index (κ1) is 15.7. The zero-order chi connectivity index (χ0) is 16.8. The summed E-state index contributed by atoms with van der Waals surface area (Å²) in [6.45, 7) is 0. The molecule has 0 saturated carbocycles. The Hall–Kier alpha value is -2.68. The van der Waals surface area contributed by atoms with E-state index in [0.717, 1.165) is 10.9 Å². The van der Waals surface area contributed by atoms with Gasteiger partial charge in [-0.25, -0.2) is 9.18 Å². The molecule has 0 aliphatic heterocycles. The normalized spacial score (nSPS) is 10.7. The number of pyridine rings is 1. The Morgan fingerprint density at radius 1 is 1.50 bits per heavy atom. The van der Waals surface area contributed by atoms with Gasteiger partial charge in [0.2, 0.25) is 5.43 Å². The number of fused-ring (bicyclic) bond motifs is 1. The number of rotatable bonds is 3. The predicted octanol–water partition coefficient (Wildman–Crippen LogP) is 1.60. The summed E-state index contributed by atoms with van der Waals surface area (Å²) in [5.41, 5.74) is -2.76. The average molecular weight is 330 g/mol. The molecule has 1 N–H and O–H groups in total. The molecule has 1 heterocycles. The van der Waals surface area contributed by atoms with Crippen LogP contribution in [0.25, 0.3) is 10.9 Å². The number of hydrogen-bond acceptors (Lipinski definition) is 5. The summed E-state index contributed by atoms with van der Waals surface area (Å²) < 4.78 is 14.8. The fraction of sp³-hybridized carbons (Fsp3) is 0.167. The number of nitro benzene ring substituents is 1. The number of benzene rings is 1. The number of hydrogen-bond donors (Lipinski definition) is 1. The van der Waals surface area contributed by atoms with Crippen molar-refractivity contribution < 1.29 is 19.2 Å². The van der Waals surface area contributed by atoms with Crippen LogP contribution in [0.4, 0.5) is 10.1 Å². The van der Waals surface area contributed by atoms with E-state index in [9.17, 15) is 24.1 Å². The van der Waals surface area contributed by atoms with Crippen LogP contribution in [-0.2, 0) is 0 Å². The topological polar surface area (TPSA) is 106 Å². The largest absolute Gasteiger partial charge is 0.477 e. The number of nitro groups is 1. The Morgan fingerprint density at radius 3 is 2.55 bits per heavy atom. The van der Waals surface area contributed by atoms with E-state index in [1.165, 1.54) is 19.1 Å². The summed E-state index contributed by atoms with van der Waals surface area (Å²) in [7, 11) is 2.94. The SMILES string of the molecule is CN(C)n1cc(C(=O)O)c(=O)c2cc(F)c(Cl)c([N+](=O)[O-])c21. The minimum Gasteiger partial charge on any atom is -0.477 e. The van der Waals surface area contributed by atoms with Gasteiger partial charge in [-0.2, -0.15) is 0 Å². The van der Waals surface area contributed by atoms with Crippen LogP contribution in [0.1, 0.15) is 10.4 Å². The fourth-order valence-corrected chi connectivity index (χ4v) is 2.25. The van der Waals surface area contributed by atoms with Gasteiger partial charge in [0.05, 0.1) is 10.3 Å². The number of carbonyl (C=O) groups is 1. The first-order valence-corrected chi connectivity index (χ1v) is 6.17. The second kappa shape index (κ2) is 5.26. The maximum atomic E-state index is 13.8. The van der Waals surface area contributed by atoms with Crippen molar-refractivity contribution >= 4 is 34.2 Å². The van der Waals surface area contributed by atoms with Gasteiger partial charge in [-0.3, -0.25) is 19.6 Å². The molecule has 0 aliphatic carbocycles. The first-order valence-electron chi connectivity index (χ1n) is 5.79. The van der Waals surface area contributed by atoms with Gasteiger partial charge in [0.15, 0.2) is 10.5 Å². The van der Waals surface area contributed by atoms with Gasteiger partial charge in [0.25, 0.3) is 0 Å². The van der Waals surface area contributed by atoms with E-state index in [-0.39, 0.29) is 5.52 Å². The lowest BCUT2D eigenvalue weighted by Gasteiger charge is -2.20. The van der Waals surface area contributed by atoms with Gasteiger partial charge < -0.3 is 10.1 Å². The highest BCUT2D eigenvalue weighted by molar-refractivity contribution is 6.34. The third-order valence-corrected chi connectivity index (χ3v) is 3.34. The number of carboxylic acid groups (broad SMARTS) is 1. The molecule has 0 unspecified atom stereocenters. The summed E-state index contributed by atoms with van der Waals surface area (Å²) >= 11 is 5.63. The molecule has 0 aliphatic rings. The molecule has 1 aromatic carbocycles. The third kappa shape index (κ3) is 2.25. The van der Waals surface area contributed by atoms with E-state index in [2.05, 4.69) is 0 Å². The number of aromatic carboxylic acids is 1. The van der Waals surface area contributed by atoms with Crippen molar-refractivity contribution in [2.45, 2.75) is 0 Å². The molecule has 2 rings (SSSR count). The van der Waals surface area contributed by atoms with Gasteiger partial charge in [0, 0.05) is 20.3 Å². The second-order valence-corrected chi connectivity index (χ2v) is 4.92. The van der Waals surface area contributed by atoms with E-state index < -0.39 is 43.8 Å². The van der Waals surface area contributed by atoms with Gasteiger partial charge in [-0.05, 0) is 6.07 Å². The number of carboxylic acids is 1. The second-order valence-electron chi connectivity index (χ2n) is 4.54. The van der Waals surface area contributed by atoms with Gasteiger partial charge in [-0.15, -0.1) is 0 Å². The Kier molecular flexibility index (Phi) is 3.76. The lowest BCUT2D eigenvalue weighted by Crippen LogP contribution is -2.30. The number of aromatic nitrogens is 1. The van der Waals surface area contributed by atoms with Crippen LogP contribution in [0.5, 0.6) is 0 Å². The molecule has 22 heavy (non-hydrogen) atoms. The highest BCUT2D eigenvalue weighted by atomic mass is 35.5. The zero-order valence-corrected chi connectivity index (χ0v) is 12.1. The average Bonchev–Trinajstić information content (AvgIpc) is 2.40. The van der Waals surface area contributed by atoms with Gasteiger partial charge >= 0.3 is 11.7 Å². The summed E-state index contributed by atoms with van der Waals surface area (Å²) in [6, 6.07) is 0.694. The molecule has 0 spiro atoms. The Bertz CT molecular complexity index is 877. The van der Waals surface area contributed by atoms with Crippen molar-refractivity contribution in [2.75, 3.05) is 19.1 Å². The molecule has 1 aromatic heterocycles. The van der Waals surface area contributed by atoms with E-state index in [0.29, 0.717) is 6.07 Å². The lowest BCUT2D eigenvalue weighted by atomic mass is 10.1. The molecule has 2 aromatic rings. The Balaban J connectivity index is 3.19. The van der Waals surface area contributed by atoms with E-state index in [1.54, 1.807) is 0 Å². The predicted molar refractivity (Wildman–Crippen MR) is 76.9 cm³/mol. The highest BCUT2D eigenvalue weighted by Gasteiger charge is 2.28. The lowest BCUT2D eigenvalue weighted by molar-refractivity contribution is -0.383. The number of halogens is 2. The van der Waals surface area contributed by atoms with Crippen LogP contribution >= 0.6 is 11.6 Å². The van der Waals surface area contributed by atoms with Crippen LogP contribution in [-0.4, -0.2) is 34.8 Å².